The second-order valence-electron chi connectivity index (χ2n) is 6.65. The van der Waals surface area contributed by atoms with E-state index < -0.39 is 10.0 Å². The summed E-state index contributed by atoms with van der Waals surface area (Å²) >= 11 is 5.92. The van der Waals surface area contributed by atoms with E-state index in [1.54, 1.807) is 36.4 Å². The summed E-state index contributed by atoms with van der Waals surface area (Å²) in [5, 5.41) is 3.29. The smallest absolute Gasteiger partial charge is 0.262 e. The first-order valence-electron chi connectivity index (χ1n) is 9.33. The molecule has 29 heavy (non-hydrogen) atoms. The number of aliphatic imine (C=N–C) groups is 1. The van der Waals surface area contributed by atoms with Crippen LogP contribution >= 0.6 is 11.6 Å². The van der Waals surface area contributed by atoms with Gasteiger partial charge in [0, 0.05) is 29.8 Å². The van der Waals surface area contributed by atoms with Crippen molar-refractivity contribution in [1.82, 2.24) is 4.72 Å². The Morgan fingerprint density at radius 1 is 1.07 bits per heavy atom. The zero-order valence-corrected chi connectivity index (χ0v) is 17.3. The molecular weight excluding hydrogens is 410 g/mol. The molecule has 0 aliphatic carbocycles. The third-order valence-corrected chi connectivity index (χ3v) is 5.97. The van der Waals surface area contributed by atoms with Gasteiger partial charge in [-0.2, -0.15) is 0 Å². The Bertz CT molecular complexity index is 1030. The molecule has 0 saturated heterocycles. The van der Waals surface area contributed by atoms with Crippen LogP contribution in [0.15, 0.2) is 64.5 Å². The number of anilines is 1. The Balaban J connectivity index is 1.61. The van der Waals surface area contributed by atoms with Crippen LogP contribution in [0.4, 0.5) is 5.69 Å². The van der Waals surface area contributed by atoms with Crippen molar-refractivity contribution >= 4 is 45.1 Å². The minimum atomic E-state index is -3.69. The number of nitrogens with one attached hydrogen (secondary N) is 2. The molecule has 0 fully saturated rings. The summed E-state index contributed by atoms with van der Waals surface area (Å²) in [4.78, 5) is 16.5. The van der Waals surface area contributed by atoms with E-state index in [1.807, 2.05) is 6.07 Å². The number of hydrogen-bond donors (Lipinski definition) is 2. The van der Waals surface area contributed by atoms with Crippen LogP contribution in [-0.2, 0) is 14.8 Å². The highest BCUT2D eigenvalue weighted by molar-refractivity contribution is 7.90. The number of carbonyl (C=O) groups excluding carboxylic acids is 1. The Hall–Kier alpha value is -2.64. The fraction of sp³-hybridized carbons (Fsp3) is 0.238. The zero-order valence-electron chi connectivity index (χ0n) is 15.8. The number of hydrogen-bond acceptors (Lipinski definition) is 4. The molecule has 2 N–H and O–H groups in total. The summed E-state index contributed by atoms with van der Waals surface area (Å²) in [6, 6.07) is 13.1. The average Bonchev–Trinajstić information content (AvgIpc) is 2.95. The molecular formula is C21H22ClN3O3S. The molecule has 0 atom stereocenters. The fourth-order valence-electron chi connectivity index (χ4n) is 2.85. The number of benzene rings is 2. The number of nitrogens with zero attached hydrogens (tertiary/aromatic N) is 1. The van der Waals surface area contributed by atoms with Crippen LogP contribution in [0.5, 0.6) is 0 Å². The van der Waals surface area contributed by atoms with Crippen molar-refractivity contribution in [3.05, 3.63) is 65.2 Å². The lowest BCUT2D eigenvalue weighted by Gasteiger charge is -2.10. The van der Waals surface area contributed by atoms with Gasteiger partial charge in [0.2, 0.25) is 5.91 Å². The fourth-order valence-corrected chi connectivity index (χ4v) is 4.14. The highest BCUT2D eigenvalue weighted by Gasteiger charge is 2.17. The summed E-state index contributed by atoms with van der Waals surface area (Å²) < 4.78 is 27.6. The summed E-state index contributed by atoms with van der Waals surface area (Å²) in [6.45, 7) is 0.644. The lowest BCUT2D eigenvalue weighted by atomic mass is 10.2. The standard InChI is InChI=1S/C21H22ClN3O3S/c22-17-6-4-5-16(15-17)8-13-21(26)24-18-9-11-19(12-10-18)29(27,28)25-20-7-2-1-3-14-23-20/h4-6,8-13,15H,1-3,7,14H2,(H,23,25)(H,24,26)/b13-8-. The Labute approximate surface area is 175 Å². The molecule has 0 unspecified atom stereocenters. The molecule has 1 aliphatic rings. The Kier molecular flexibility index (Phi) is 7.06. The van der Waals surface area contributed by atoms with E-state index in [2.05, 4.69) is 15.0 Å². The highest BCUT2D eigenvalue weighted by atomic mass is 35.5. The largest absolute Gasteiger partial charge is 0.323 e. The van der Waals surface area contributed by atoms with Crippen molar-refractivity contribution in [3.8, 4) is 0 Å². The molecule has 0 bridgehead atoms. The van der Waals surface area contributed by atoms with Gasteiger partial charge >= 0.3 is 0 Å². The van der Waals surface area contributed by atoms with E-state index in [9.17, 15) is 13.2 Å². The van der Waals surface area contributed by atoms with Crippen LogP contribution in [0.3, 0.4) is 0 Å². The lowest BCUT2D eigenvalue weighted by molar-refractivity contribution is -0.111. The third-order valence-electron chi connectivity index (χ3n) is 4.33. The molecule has 0 spiro atoms. The first-order valence-corrected chi connectivity index (χ1v) is 11.2. The van der Waals surface area contributed by atoms with Gasteiger partial charge in [-0.3, -0.25) is 14.5 Å². The molecule has 0 saturated carbocycles. The quantitative estimate of drug-likeness (QED) is 0.694. The van der Waals surface area contributed by atoms with Gasteiger partial charge in [0.05, 0.1) is 4.90 Å². The van der Waals surface area contributed by atoms with Crippen molar-refractivity contribution in [2.24, 2.45) is 4.99 Å². The zero-order chi connectivity index (χ0) is 20.7. The second-order valence-corrected chi connectivity index (χ2v) is 8.77. The molecule has 1 amide bonds. The number of amides is 1. The topological polar surface area (TPSA) is 87.6 Å². The van der Waals surface area contributed by atoms with E-state index in [-0.39, 0.29) is 10.8 Å². The van der Waals surface area contributed by atoms with Crippen molar-refractivity contribution in [2.75, 3.05) is 11.9 Å². The molecule has 8 heteroatoms. The number of carbonyl (C=O) groups is 1. The highest BCUT2D eigenvalue weighted by Crippen LogP contribution is 2.16. The maximum atomic E-state index is 12.5. The average molecular weight is 432 g/mol. The van der Waals surface area contributed by atoms with Crippen molar-refractivity contribution in [3.63, 3.8) is 0 Å². The predicted octanol–water partition coefficient (Wildman–Crippen LogP) is 4.24. The Morgan fingerprint density at radius 2 is 1.86 bits per heavy atom. The third kappa shape index (κ3) is 6.44. The van der Waals surface area contributed by atoms with Crippen molar-refractivity contribution in [2.45, 2.75) is 30.6 Å². The number of amidine groups is 1. The number of halogens is 1. The van der Waals surface area contributed by atoms with Gasteiger partial charge in [0.25, 0.3) is 10.0 Å². The number of sulfonamides is 1. The van der Waals surface area contributed by atoms with E-state index in [4.69, 9.17) is 11.6 Å². The monoisotopic (exact) mass is 431 g/mol. The molecule has 1 heterocycles. The van der Waals surface area contributed by atoms with E-state index in [1.165, 1.54) is 18.2 Å². The maximum Gasteiger partial charge on any atom is 0.262 e. The number of rotatable bonds is 5. The molecule has 1 aliphatic heterocycles. The van der Waals surface area contributed by atoms with Crippen molar-refractivity contribution < 1.29 is 13.2 Å². The van der Waals surface area contributed by atoms with Gasteiger partial charge < -0.3 is 5.32 Å². The van der Waals surface area contributed by atoms with Gasteiger partial charge in [-0.15, -0.1) is 0 Å². The normalized spacial score (nSPS) is 14.9. The Morgan fingerprint density at radius 3 is 2.62 bits per heavy atom. The molecule has 0 radical (unpaired) electrons. The molecule has 6 nitrogen and oxygen atoms in total. The van der Waals surface area contributed by atoms with E-state index >= 15 is 0 Å². The van der Waals surface area contributed by atoms with Gasteiger partial charge in [-0.05, 0) is 60.9 Å². The van der Waals surface area contributed by atoms with Crippen LogP contribution in [0.2, 0.25) is 5.02 Å². The van der Waals surface area contributed by atoms with Gasteiger partial charge in [-0.1, -0.05) is 30.2 Å². The lowest BCUT2D eigenvalue weighted by Crippen LogP contribution is -2.30. The SMILES string of the molecule is O=C(/C=C\c1cccc(Cl)c1)Nc1ccc(S(=O)(=O)NC2=NCCCCC2)cc1. The molecule has 2 aromatic carbocycles. The van der Waals surface area contributed by atoms with Crippen LogP contribution < -0.4 is 10.0 Å². The summed E-state index contributed by atoms with van der Waals surface area (Å²) in [5.41, 5.74) is 1.30. The van der Waals surface area contributed by atoms with E-state index in [0.29, 0.717) is 29.5 Å². The minimum absolute atomic E-state index is 0.122. The van der Waals surface area contributed by atoms with Crippen LogP contribution in [0, 0.1) is 0 Å². The van der Waals surface area contributed by atoms with Crippen LogP contribution in [0.1, 0.15) is 31.2 Å². The summed E-state index contributed by atoms with van der Waals surface area (Å²) in [7, 11) is -3.69. The van der Waals surface area contributed by atoms with Crippen molar-refractivity contribution in [1.29, 1.82) is 0 Å². The van der Waals surface area contributed by atoms with Gasteiger partial charge in [0.1, 0.15) is 5.84 Å². The summed E-state index contributed by atoms with van der Waals surface area (Å²) in [6.07, 6.45) is 6.63. The first-order chi connectivity index (χ1) is 13.9. The second kappa shape index (κ2) is 9.71. The van der Waals surface area contributed by atoms with Crippen LogP contribution in [-0.4, -0.2) is 26.7 Å². The van der Waals surface area contributed by atoms with Crippen LogP contribution in [0.25, 0.3) is 6.08 Å². The summed E-state index contributed by atoms with van der Waals surface area (Å²) in [5.74, 6) is 0.178. The maximum absolute atomic E-state index is 12.5. The minimum Gasteiger partial charge on any atom is -0.323 e. The molecule has 2 aromatic rings. The molecule has 3 rings (SSSR count). The van der Waals surface area contributed by atoms with E-state index in [0.717, 1.165) is 24.8 Å². The van der Waals surface area contributed by atoms with Gasteiger partial charge in [0.15, 0.2) is 0 Å². The predicted molar refractivity (Wildman–Crippen MR) is 117 cm³/mol. The first kappa shape index (κ1) is 21.1. The molecule has 152 valence electrons. The molecule has 0 aromatic heterocycles. The van der Waals surface area contributed by atoms with Gasteiger partial charge in [-0.25, -0.2) is 8.42 Å².